The van der Waals surface area contributed by atoms with Gasteiger partial charge in [0.25, 0.3) is 5.91 Å². The van der Waals surface area contributed by atoms with E-state index in [1.165, 1.54) is 24.9 Å². The molecular formula is C16H23NO3. The lowest BCUT2D eigenvalue weighted by Crippen LogP contribution is -2.30. The molecule has 1 rings (SSSR count). The number of ether oxygens (including phenoxy) is 1. The molecule has 4 heteroatoms. The van der Waals surface area contributed by atoms with Crippen LogP contribution in [-0.4, -0.2) is 30.9 Å². The highest BCUT2D eigenvalue weighted by Gasteiger charge is 2.18. The molecule has 1 aromatic carbocycles. The van der Waals surface area contributed by atoms with Gasteiger partial charge in [-0.25, -0.2) is 0 Å². The van der Waals surface area contributed by atoms with Crippen molar-refractivity contribution in [1.82, 2.24) is 4.90 Å². The van der Waals surface area contributed by atoms with E-state index in [2.05, 4.69) is 6.92 Å². The Morgan fingerprint density at radius 1 is 1.20 bits per heavy atom. The van der Waals surface area contributed by atoms with Crippen LogP contribution in [0, 0.1) is 0 Å². The molecule has 0 aromatic heterocycles. The Bertz CT molecular complexity index is 431. The third kappa shape index (κ3) is 4.68. The summed E-state index contributed by atoms with van der Waals surface area (Å²) < 4.78 is 5.16. The van der Waals surface area contributed by atoms with E-state index in [4.69, 9.17) is 4.74 Å². The highest BCUT2D eigenvalue weighted by molar-refractivity contribution is 6.01. The van der Waals surface area contributed by atoms with E-state index >= 15 is 0 Å². The number of nitrogens with zero attached hydrogens (tertiary/aromatic N) is 1. The maximum absolute atomic E-state index is 12.3. The molecule has 0 radical (unpaired) electrons. The number of imide groups is 1. The fraction of sp³-hybridized carbons (Fsp3) is 0.500. The summed E-state index contributed by atoms with van der Waals surface area (Å²) in [6, 6.07) is 6.96. The van der Waals surface area contributed by atoms with Gasteiger partial charge in [-0.2, -0.15) is 0 Å². The van der Waals surface area contributed by atoms with Gasteiger partial charge in [0, 0.05) is 6.54 Å². The van der Waals surface area contributed by atoms with E-state index in [-0.39, 0.29) is 5.91 Å². The average Bonchev–Trinajstić information content (AvgIpc) is 2.50. The van der Waals surface area contributed by atoms with Crippen molar-refractivity contribution in [2.24, 2.45) is 0 Å². The number of methoxy groups -OCH3 is 1. The molecule has 20 heavy (non-hydrogen) atoms. The van der Waals surface area contributed by atoms with E-state index < -0.39 is 0 Å². The van der Waals surface area contributed by atoms with Gasteiger partial charge in [-0.3, -0.25) is 14.5 Å². The van der Waals surface area contributed by atoms with Crippen LogP contribution in [-0.2, 0) is 4.79 Å². The molecule has 0 heterocycles. The molecule has 0 N–H and O–H groups in total. The quantitative estimate of drug-likeness (QED) is 0.514. The summed E-state index contributed by atoms with van der Waals surface area (Å²) in [5.41, 5.74) is 0.427. The van der Waals surface area contributed by atoms with Crippen LogP contribution in [0.4, 0.5) is 0 Å². The second-order valence-electron chi connectivity index (χ2n) is 4.72. The zero-order chi connectivity index (χ0) is 14.8. The van der Waals surface area contributed by atoms with E-state index in [1.807, 2.05) is 0 Å². The van der Waals surface area contributed by atoms with Gasteiger partial charge in [0.05, 0.1) is 12.7 Å². The lowest BCUT2D eigenvalue weighted by molar-refractivity contribution is -0.116. The van der Waals surface area contributed by atoms with E-state index in [0.717, 1.165) is 19.3 Å². The standard InChI is InChI=1S/C16H23NO3/c1-3-4-5-6-9-12-17(13-18)16(19)14-10-7-8-11-15(14)20-2/h7-8,10-11,13H,3-6,9,12H2,1-2H3. The molecule has 0 unspecified atom stereocenters. The SMILES string of the molecule is CCCCCCCN(C=O)C(=O)c1ccccc1OC. The minimum absolute atomic E-state index is 0.298. The molecule has 0 saturated heterocycles. The molecule has 2 amide bonds. The maximum atomic E-state index is 12.3. The van der Waals surface area contributed by atoms with Crippen LogP contribution in [0.15, 0.2) is 24.3 Å². The Morgan fingerprint density at radius 3 is 2.55 bits per heavy atom. The Labute approximate surface area is 120 Å². The molecule has 0 bridgehead atoms. The van der Waals surface area contributed by atoms with Crippen LogP contribution in [0.25, 0.3) is 0 Å². The molecular weight excluding hydrogens is 254 g/mol. The molecule has 1 aromatic rings. The average molecular weight is 277 g/mol. The van der Waals surface area contributed by atoms with Crippen LogP contribution >= 0.6 is 0 Å². The first kappa shape index (κ1) is 16.2. The summed E-state index contributed by atoms with van der Waals surface area (Å²) in [4.78, 5) is 24.6. The van der Waals surface area contributed by atoms with Crippen molar-refractivity contribution < 1.29 is 14.3 Å². The molecule has 0 aliphatic rings. The highest BCUT2D eigenvalue weighted by Crippen LogP contribution is 2.19. The Hall–Kier alpha value is -1.84. The van der Waals surface area contributed by atoms with Crippen molar-refractivity contribution in [1.29, 1.82) is 0 Å². The normalized spacial score (nSPS) is 10.1. The van der Waals surface area contributed by atoms with Crippen LogP contribution in [0.1, 0.15) is 49.4 Å². The summed E-state index contributed by atoms with van der Waals surface area (Å²) in [6.07, 6.45) is 6.01. The van der Waals surface area contributed by atoms with E-state index in [1.54, 1.807) is 24.3 Å². The number of para-hydroxylation sites is 1. The summed E-state index contributed by atoms with van der Waals surface area (Å²) in [5, 5.41) is 0. The smallest absolute Gasteiger partial charge is 0.264 e. The third-order valence-electron chi connectivity index (χ3n) is 3.23. The van der Waals surface area contributed by atoms with Gasteiger partial charge in [-0.1, -0.05) is 44.7 Å². The van der Waals surface area contributed by atoms with Gasteiger partial charge >= 0.3 is 0 Å². The number of benzene rings is 1. The summed E-state index contributed by atoms with van der Waals surface area (Å²) >= 11 is 0. The first-order valence-corrected chi connectivity index (χ1v) is 7.13. The largest absolute Gasteiger partial charge is 0.496 e. The number of hydrogen-bond donors (Lipinski definition) is 0. The minimum atomic E-state index is -0.298. The molecule has 4 nitrogen and oxygen atoms in total. The van der Waals surface area contributed by atoms with Gasteiger partial charge in [0.15, 0.2) is 0 Å². The molecule has 0 saturated carbocycles. The van der Waals surface area contributed by atoms with Gasteiger partial charge in [-0.15, -0.1) is 0 Å². The minimum Gasteiger partial charge on any atom is -0.496 e. The first-order valence-electron chi connectivity index (χ1n) is 7.13. The van der Waals surface area contributed by atoms with Crippen LogP contribution < -0.4 is 4.74 Å². The van der Waals surface area contributed by atoms with Gasteiger partial charge in [0.1, 0.15) is 5.75 Å². The van der Waals surface area contributed by atoms with Crippen LogP contribution in [0.3, 0.4) is 0 Å². The molecule has 0 spiro atoms. The Morgan fingerprint density at radius 2 is 1.90 bits per heavy atom. The highest BCUT2D eigenvalue weighted by atomic mass is 16.5. The Balaban J connectivity index is 2.60. The summed E-state index contributed by atoms with van der Waals surface area (Å²) in [5.74, 6) is 0.197. The van der Waals surface area contributed by atoms with Gasteiger partial charge in [-0.05, 0) is 18.6 Å². The van der Waals surface area contributed by atoms with Crippen molar-refractivity contribution in [2.45, 2.75) is 39.0 Å². The van der Waals surface area contributed by atoms with Crippen molar-refractivity contribution in [3.63, 3.8) is 0 Å². The topological polar surface area (TPSA) is 46.6 Å². The zero-order valence-corrected chi connectivity index (χ0v) is 12.3. The predicted octanol–water partition coefficient (Wildman–Crippen LogP) is 3.26. The number of amides is 2. The first-order chi connectivity index (χ1) is 9.74. The lowest BCUT2D eigenvalue weighted by Gasteiger charge is -2.17. The number of rotatable bonds is 9. The van der Waals surface area contributed by atoms with Gasteiger partial charge in [0.2, 0.25) is 6.41 Å². The van der Waals surface area contributed by atoms with Crippen LogP contribution in [0.2, 0.25) is 0 Å². The fourth-order valence-electron chi connectivity index (χ4n) is 2.06. The fourth-order valence-corrected chi connectivity index (χ4v) is 2.06. The predicted molar refractivity (Wildman–Crippen MR) is 78.9 cm³/mol. The molecule has 0 aliphatic heterocycles. The van der Waals surface area contributed by atoms with Crippen molar-refractivity contribution >= 4 is 12.3 Å². The second-order valence-corrected chi connectivity index (χ2v) is 4.72. The van der Waals surface area contributed by atoms with Crippen molar-refractivity contribution in [3.05, 3.63) is 29.8 Å². The van der Waals surface area contributed by atoms with Crippen molar-refractivity contribution in [3.8, 4) is 5.75 Å². The summed E-state index contributed by atoms with van der Waals surface area (Å²) in [6.45, 7) is 2.62. The molecule has 110 valence electrons. The monoisotopic (exact) mass is 277 g/mol. The van der Waals surface area contributed by atoms with E-state index in [0.29, 0.717) is 24.3 Å². The zero-order valence-electron chi connectivity index (χ0n) is 12.3. The number of unbranched alkanes of at least 4 members (excludes halogenated alkanes) is 4. The lowest BCUT2D eigenvalue weighted by atomic mass is 10.1. The van der Waals surface area contributed by atoms with Crippen LogP contribution in [0.5, 0.6) is 5.75 Å². The molecule has 0 fully saturated rings. The number of carbonyl (C=O) groups excluding carboxylic acids is 2. The Kier molecular flexibility index (Phi) is 7.40. The molecule has 0 atom stereocenters. The molecule has 0 aliphatic carbocycles. The third-order valence-corrected chi connectivity index (χ3v) is 3.23. The summed E-state index contributed by atoms with van der Waals surface area (Å²) in [7, 11) is 1.52. The number of hydrogen-bond acceptors (Lipinski definition) is 3. The second kappa shape index (κ2) is 9.13. The van der Waals surface area contributed by atoms with Crippen molar-refractivity contribution in [2.75, 3.05) is 13.7 Å². The van der Waals surface area contributed by atoms with E-state index in [9.17, 15) is 9.59 Å². The van der Waals surface area contributed by atoms with Gasteiger partial charge < -0.3 is 4.74 Å². The number of carbonyl (C=O) groups is 2. The maximum Gasteiger partial charge on any atom is 0.264 e.